The third kappa shape index (κ3) is 3.98. The number of nitrogens with zero attached hydrogens (tertiary/aromatic N) is 2. The second-order valence-corrected chi connectivity index (χ2v) is 6.43. The SMILES string of the molecule is CC(=Cc1ccc(Cl)cc1)C(=O)N1CCN(c2ccccc2)CC1. The molecule has 1 amide bonds. The first kappa shape index (κ1) is 16.6. The molecule has 0 unspecified atom stereocenters. The number of benzene rings is 2. The van der Waals surface area contributed by atoms with Gasteiger partial charge in [-0.15, -0.1) is 0 Å². The molecule has 1 fully saturated rings. The summed E-state index contributed by atoms with van der Waals surface area (Å²) >= 11 is 5.90. The Morgan fingerprint density at radius 2 is 1.58 bits per heavy atom. The number of rotatable bonds is 3. The van der Waals surface area contributed by atoms with Gasteiger partial charge in [-0.05, 0) is 42.8 Å². The van der Waals surface area contributed by atoms with E-state index in [1.807, 2.05) is 60.4 Å². The van der Waals surface area contributed by atoms with Crippen LogP contribution in [0.4, 0.5) is 5.69 Å². The summed E-state index contributed by atoms with van der Waals surface area (Å²) in [6, 6.07) is 17.9. The van der Waals surface area contributed by atoms with Crippen molar-refractivity contribution in [3.05, 3.63) is 70.8 Å². The monoisotopic (exact) mass is 340 g/mol. The molecule has 1 heterocycles. The Bertz CT molecular complexity index is 717. The molecule has 2 aromatic carbocycles. The summed E-state index contributed by atoms with van der Waals surface area (Å²) in [6.07, 6.45) is 1.92. The summed E-state index contributed by atoms with van der Waals surface area (Å²) in [4.78, 5) is 16.9. The molecule has 3 rings (SSSR count). The van der Waals surface area contributed by atoms with Gasteiger partial charge in [0.25, 0.3) is 0 Å². The fourth-order valence-corrected chi connectivity index (χ4v) is 3.05. The van der Waals surface area contributed by atoms with Gasteiger partial charge in [-0.1, -0.05) is 41.9 Å². The van der Waals surface area contributed by atoms with Gasteiger partial charge >= 0.3 is 0 Å². The van der Waals surface area contributed by atoms with E-state index < -0.39 is 0 Å². The fraction of sp³-hybridized carbons (Fsp3) is 0.250. The van der Waals surface area contributed by atoms with Crippen molar-refractivity contribution in [3.8, 4) is 0 Å². The van der Waals surface area contributed by atoms with Crippen molar-refractivity contribution in [2.45, 2.75) is 6.92 Å². The molecule has 3 nitrogen and oxygen atoms in total. The van der Waals surface area contributed by atoms with Crippen molar-refractivity contribution in [1.82, 2.24) is 4.90 Å². The molecular weight excluding hydrogens is 320 g/mol. The zero-order valence-corrected chi connectivity index (χ0v) is 14.5. The fourth-order valence-electron chi connectivity index (χ4n) is 2.93. The van der Waals surface area contributed by atoms with E-state index in [0.717, 1.165) is 37.3 Å². The van der Waals surface area contributed by atoms with Gasteiger partial charge < -0.3 is 9.80 Å². The molecule has 0 aliphatic carbocycles. The van der Waals surface area contributed by atoms with Crippen molar-refractivity contribution >= 4 is 29.3 Å². The Kier molecular flexibility index (Phi) is 5.21. The summed E-state index contributed by atoms with van der Waals surface area (Å²) in [7, 11) is 0. The van der Waals surface area contributed by atoms with Gasteiger partial charge in [-0.3, -0.25) is 4.79 Å². The zero-order valence-electron chi connectivity index (χ0n) is 13.8. The smallest absolute Gasteiger partial charge is 0.249 e. The molecule has 4 heteroatoms. The number of anilines is 1. The van der Waals surface area contributed by atoms with E-state index in [1.165, 1.54) is 5.69 Å². The van der Waals surface area contributed by atoms with Crippen LogP contribution in [0.15, 0.2) is 60.2 Å². The summed E-state index contributed by atoms with van der Waals surface area (Å²) in [5.41, 5.74) is 2.97. The third-order valence-electron chi connectivity index (χ3n) is 4.28. The first-order valence-electron chi connectivity index (χ1n) is 8.16. The Hall–Kier alpha value is -2.26. The number of hydrogen-bond acceptors (Lipinski definition) is 2. The lowest BCUT2D eigenvalue weighted by molar-refractivity contribution is -0.127. The highest BCUT2D eigenvalue weighted by atomic mass is 35.5. The van der Waals surface area contributed by atoms with Crippen LogP contribution in [0.5, 0.6) is 0 Å². The third-order valence-corrected chi connectivity index (χ3v) is 4.53. The quantitative estimate of drug-likeness (QED) is 0.786. The minimum atomic E-state index is 0.109. The highest BCUT2D eigenvalue weighted by Crippen LogP contribution is 2.18. The molecule has 0 saturated carbocycles. The number of carbonyl (C=O) groups is 1. The van der Waals surface area contributed by atoms with Gasteiger partial charge in [-0.2, -0.15) is 0 Å². The van der Waals surface area contributed by atoms with Gasteiger partial charge in [0.15, 0.2) is 0 Å². The maximum Gasteiger partial charge on any atom is 0.249 e. The van der Waals surface area contributed by atoms with Gasteiger partial charge in [0.2, 0.25) is 5.91 Å². The number of carbonyl (C=O) groups excluding carboxylic acids is 1. The molecule has 0 aromatic heterocycles. The lowest BCUT2D eigenvalue weighted by atomic mass is 10.1. The number of para-hydroxylation sites is 1. The zero-order chi connectivity index (χ0) is 16.9. The van der Waals surface area contributed by atoms with E-state index >= 15 is 0 Å². The molecule has 2 aromatic rings. The standard InChI is InChI=1S/C20H21ClN2O/c1-16(15-17-7-9-18(21)10-8-17)20(24)23-13-11-22(12-14-23)19-5-3-2-4-6-19/h2-10,15H,11-14H2,1H3. The lowest BCUT2D eigenvalue weighted by Crippen LogP contribution is -2.49. The van der Waals surface area contributed by atoms with Crippen LogP contribution in [-0.2, 0) is 4.79 Å². The number of hydrogen-bond donors (Lipinski definition) is 0. The van der Waals surface area contributed by atoms with Crippen LogP contribution >= 0.6 is 11.6 Å². The summed E-state index contributed by atoms with van der Waals surface area (Å²) < 4.78 is 0. The minimum Gasteiger partial charge on any atom is -0.368 e. The minimum absolute atomic E-state index is 0.109. The van der Waals surface area contributed by atoms with Crippen molar-refractivity contribution in [3.63, 3.8) is 0 Å². The van der Waals surface area contributed by atoms with Crippen LogP contribution in [0, 0.1) is 0 Å². The Morgan fingerprint density at radius 1 is 0.958 bits per heavy atom. The van der Waals surface area contributed by atoms with Crippen LogP contribution in [0.1, 0.15) is 12.5 Å². The van der Waals surface area contributed by atoms with Gasteiger partial charge in [0.1, 0.15) is 0 Å². The summed E-state index contributed by atoms with van der Waals surface area (Å²) in [5.74, 6) is 0.109. The van der Waals surface area contributed by atoms with E-state index in [2.05, 4.69) is 17.0 Å². The van der Waals surface area contributed by atoms with Crippen molar-refractivity contribution in [1.29, 1.82) is 0 Å². The van der Waals surface area contributed by atoms with E-state index in [9.17, 15) is 4.79 Å². The molecule has 1 saturated heterocycles. The van der Waals surface area contributed by atoms with Gasteiger partial charge in [-0.25, -0.2) is 0 Å². The van der Waals surface area contributed by atoms with Crippen molar-refractivity contribution in [2.75, 3.05) is 31.1 Å². The van der Waals surface area contributed by atoms with E-state index in [0.29, 0.717) is 5.02 Å². The van der Waals surface area contributed by atoms with Crippen LogP contribution in [0.2, 0.25) is 5.02 Å². The largest absolute Gasteiger partial charge is 0.368 e. The highest BCUT2D eigenvalue weighted by Gasteiger charge is 2.21. The van der Waals surface area contributed by atoms with E-state index in [-0.39, 0.29) is 5.91 Å². The molecule has 0 radical (unpaired) electrons. The number of halogens is 1. The number of amides is 1. The second-order valence-electron chi connectivity index (χ2n) is 5.99. The molecule has 0 atom stereocenters. The predicted molar refractivity (Wildman–Crippen MR) is 100 cm³/mol. The first-order valence-corrected chi connectivity index (χ1v) is 8.54. The molecule has 0 bridgehead atoms. The predicted octanol–water partition coefficient (Wildman–Crippen LogP) is 4.09. The lowest BCUT2D eigenvalue weighted by Gasteiger charge is -2.36. The molecule has 124 valence electrons. The Labute approximate surface area is 148 Å². The average molecular weight is 341 g/mol. The maximum absolute atomic E-state index is 12.6. The van der Waals surface area contributed by atoms with Crippen LogP contribution in [-0.4, -0.2) is 37.0 Å². The van der Waals surface area contributed by atoms with Crippen LogP contribution in [0.3, 0.4) is 0 Å². The van der Waals surface area contributed by atoms with Crippen molar-refractivity contribution < 1.29 is 4.79 Å². The normalized spacial score (nSPS) is 15.5. The Morgan fingerprint density at radius 3 is 2.21 bits per heavy atom. The van der Waals surface area contributed by atoms with E-state index in [4.69, 9.17) is 11.6 Å². The van der Waals surface area contributed by atoms with E-state index in [1.54, 1.807) is 0 Å². The van der Waals surface area contributed by atoms with Gasteiger partial charge in [0.05, 0.1) is 0 Å². The highest BCUT2D eigenvalue weighted by molar-refractivity contribution is 6.30. The van der Waals surface area contributed by atoms with Crippen molar-refractivity contribution in [2.24, 2.45) is 0 Å². The van der Waals surface area contributed by atoms with Gasteiger partial charge in [0, 0.05) is 42.5 Å². The topological polar surface area (TPSA) is 23.6 Å². The Balaban J connectivity index is 1.61. The van der Waals surface area contributed by atoms with Crippen LogP contribution < -0.4 is 4.90 Å². The molecular formula is C20H21ClN2O. The molecule has 0 N–H and O–H groups in total. The summed E-state index contributed by atoms with van der Waals surface area (Å²) in [6.45, 7) is 5.10. The molecule has 1 aliphatic heterocycles. The molecule has 24 heavy (non-hydrogen) atoms. The maximum atomic E-state index is 12.6. The molecule has 0 spiro atoms. The first-order chi connectivity index (χ1) is 11.6. The molecule has 1 aliphatic rings. The average Bonchev–Trinajstić information content (AvgIpc) is 2.64. The second kappa shape index (κ2) is 7.54. The van der Waals surface area contributed by atoms with Crippen LogP contribution in [0.25, 0.3) is 6.08 Å². The number of piperazine rings is 1. The summed E-state index contributed by atoms with van der Waals surface area (Å²) in [5, 5.41) is 0.702.